The summed E-state index contributed by atoms with van der Waals surface area (Å²) in [7, 11) is 0. The Kier molecular flexibility index (Phi) is 4.94. The van der Waals surface area contributed by atoms with E-state index in [1.807, 2.05) is 36.4 Å². The molecule has 4 aromatic rings. The minimum absolute atomic E-state index is 0.233. The van der Waals surface area contributed by atoms with E-state index in [0.29, 0.717) is 0 Å². The molecule has 0 radical (unpaired) electrons. The van der Waals surface area contributed by atoms with Crippen molar-refractivity contribution in [3.05, 3.63) is 101 Å². The molecule has 4 rings (SSSR count). The summed E-state index contributed by atoms with van der Waals surface area (Å²) in [5.41, 5.74) is 4.12. The normalized spacial score (nSPS) is 11.9. The quantitative estimate of drug-likeness (QED) is 0.405. The highest BCUT2D eigenvalue weighted by Crippen LogP contribution is 2.23. The van der Waals surface area contributed by atoms with Gasteiger partial charge < -0.3 is 5.11 Å². The minimum atomic E-state index is 0.233. The number of aromatic nitrogens is 1. The monoisotopic (exact) mass is 371 g/mol. The van der Waals surface area contributed by atoms with Crippen molar-refractivity contribution in [2.24, 2.45) is 10.2 Å². The molecule has 0 saturated heterocycles. The summed E-state index contributed by atoms with van der Waals surface area (Å²) in [5, 5.41) is 20.1. The third kappa shape index (κ3) is 3.88. The van der Waals surface area contributed by atoms with Crippen LogP contribution in [0.15, 0.2) is 101 Å². The second-order valence-corrected chi connectivity index (χ2v) is 6.71. The van der Waals surface area contributed by atoms with Crippen LogP contribution in [0.2, 0.25) is 0 Å². The zero-order chi connectivity index (χ0) is 18.5. The highest BCUT2D eigenvalue weighted by molar-refractivity contribution is 7.07. The number of hydrogen-bond donors (Lipinski definition) is 1. The molecule has 0 aliphatic rings. The maximum Gasteiger partial charge on any atom is 0.215 e. The summed E-state index contributed by atoms with van der Waals surface area (Å²) in [6.45, 7) is 0. The molecule has 0 unspecified atom stereocenters. The maximum atomic E-state index is 9.36. The predicted molar refractivity (Wildman–Crippen MR) is 110 cm³/mol. The van der Waals surface area contributed by atoms with Gasteiger partial charge in [-0.1, -0.05) is 48.5 Å². The summed E-state index contributed by atoms with van der Waals surface area (Å²) < 4.78 is 2.11. The van der Waals surface area contributed by atoms with Crippen LogP contribution >= 0.6 is 11.3 Å². The van der Waals surface area contributed by atoms with Gasteiger partial charge in [0, 0.05) is 11.1 Å². The van der Waals surface area contributed by atoms with Crippen LogP contribution in [-0.4, -0.2) is 15.9 Å². The highest BCUT2D eigenvalue weighted by Gasteiger charge is 2.09. The van der Waals surface area contributed by atoms with Crippen molar-refractivity contribution in [2.75, 3.05) is 0 Å². The van der Waals surface area contributed by atoms with Gasteiger partial charge in [-0.15, -0.1) is 16.4 Å². The Balaban J connectivity index is 1.79. The molecule has 1 N–H and O–H groups in total. The van der Waals surface area contributed by atoms with Gasteiger partial charge in [0.1, 0.15) is 5.75 Å². The van der Waals surface area contributed by atoms with E-state index in [0.717, 1.165) is 27.3 Å². The Morgan fingerprint density at radius 2 is 1.48 bits per heavy atom. The van der Waals surface area contributed by atoms with Crippen LogP contribution in [0, 0.1) is 0 Å². The fourth-order valence-corrected chi connectivity index (χ4v) is 3.59. The average molecular weight is 371 g/mol. The van der Waals surface area contributed by atoms with Crippen LogP contribution in [0.5, 0.6) is 5.75 Å². The Labute approximate surface area is 161 Å². The number of rotatable bonds is 4. The van der Waals surface area contributed by atoms with Crippen LogP contribution in [0.1, 0.15) is 5.56 Å². The summed E-state index contributed by atoms with van der Waals surface area (Å²) in [6.07, 6.45) is 1.68. The zero-order valence-corrected chi connectivity index (χ0v) is 15.3. The third-order valence-corrected chi connectivity index (χ3v) is 4.85. The van der Waals surface area contributed by atoms with Crippen LogP contribution < -0.4 is 4.80 Å². The highest BCUT2D eigenvalue weighted by atomic mass is 32.1. The van der Waals surface area contributed by atoms with Gasteiger partial charge in [0.25, 0.3) is 0 Å². The minimum Gasteiger partial charge on any atom is -0.508 e. The van der Waals surface area contributed by atoms with Crippen molar-refractivity contribution < 1.29 is 5.11 Å². The van der Waals surface area contributed by atoms with E-state index in [1.54, 1.807) is 41.8 Å². The van der Waals surface area contributed by atoms with Crippen LogP contribution in [0.4, 0.5) is 0 Å². The topological polar surface area (TPSA) is 49.9 Å². The first kappa shape index (κ1) is 17.0. The number of thiazole rings is 1. The maximum absolute atomic E-state index is 9.36. The van der Waals surface area contributed by atoms with E-state index in [-0.39, 0.29) is 5.75 Å². The molecule has 0 amide bonds. The predicted octanol–water partition coefficient (Wildman–Crippen LogP) is 4.85. The number of para-hydroxylation sites is 1. The smallest absolute Gasteiger partial charge is 0.215 e. The first-order valence-electron chi connectivity index (χ1n) is 8.49. The zero-order valence-electron chi connectivity index (χ0n) is 14.4. The number of phenols is 1. The summed E-state index contributed by atoms with van der Waals surface area (Å²) in [6, 6.07) is 27.2. The fourth-order valence-electron chi connectivity index (χ4n) is 2.72. The Morgan fingerprint density at radius 1 is 0.815 bits per heavy atom. The molecule has 0 aliphatic carbocycles. The average Bonchev–Trinajstić information content (AvgIpc) is 3.15. The van der Waals surface area contributed by atoms with E-state index in [1.165, 1.54) is 0 Å². The number of phenolic OH excluding ortho intramolecular Hbond substituents is 1. The van der Waals surface area contributed by atoms with Gasteiger partial charge >= 0.3 is 0 Å². The SMILES string of the molecule is Oc1ccc(/C=N/N=c2scc(-c3ccccc3)n2-c2ccccc2)cc1. The molecule has 4 nitrogen and oxygen atoms in total. The number of aromatic hydroxyl groups is 1. The van der Waals surface area contributed by atoms with E-state index in [9.17, 15) is 5.11 Å². The molecular formula is C22H17N3OS. The van der Waals surface area contributed by atoms with Gasteiger partial charge in [-0.05, 0) is 47.5 Å². The van der Waals surface area contributed by atoms with Gasteiger partial charge in [0.15, 0.2) is 0 Å². The Hall–Kier alpha value is -3.44. The van der Waals surface area contributed by atoms with Gasteiger partial charge in [0.05, 0.1) is 11.9 Å². The number of hydrogen-bond acceptors (Lipinski definition) is 4. The van der Waals surface area contributed by atoms with Gasteiger partial charge in [-0.25, -0.2) is 0 Å². The molecular weight excluding hydrogens is 354 g/mol. The van der Waals surface area contributed by atoms with Crippen molar-refractivity contribution in [1.82, 2.24) is 4.57 Å². The lowest BCUT2D eigenvalue weighted by Gasteiger charge is -2.08. The lowest BCUT2D eigenvalue weighted by molar-refractivity contribution is 0.475. The van der Waals surface area contributed by atoms with Crippen molar-refractivity contribution in [2.45, 2.75) is 0 Å². The number of benzene rings is 3. The first-order chi connectivity index (χ1) is 13.3. The molecule has 27 heavy (non-hydrogen) atoms. The van der Waals surface area contributed by atoms with E-state index >= 15 is 0 Å². The van der Waals surface area contributed by atoms with Crippen molar-refractivity contribution in [3.8, 4) is 22.7 Å². The summed E-state index contributed by atoms with van der Waals surface area (Å²) in [4.78, 5) is 0.787. The van der Waals surface area contributed by atoms with Gasteiger partial charge in [-0.3, -0.25) is 4.57 Å². The third-order valence-electron chi connectivity index (χ3n) is 4.04. The second-order valence-electron chi connectivity index (χ2n) is 5.88. The largest absolute Gasteiger partial charge is 0.508 e. The van der Waals surface area contributed by atoms with Crippen molar-refractivity contribution in [1.29, 1.82) is 0 Å². The molecule has 132 valence electrons. The molecule has 5 heteroatoms. The van der Waals surface area contributed by atoms with Crippen LogP contribution in [-0.2, 0) is 0 Å². The van der Waals surface area contributed by atoms with E-state index in [4.69, 9.17) is 0 Å². The molecule has 0 aliphatic heterocycles. The first-order valence-corrected chi connectivity index (χ1v) is 9.37. The van der Waals surface area contributed by atoms with Crippen molar-refractivity contribution >= 4 is 17.6 Å². The molecule has 0 saturated carbocycles. The van der Waals surface area contributed by atoms with Gasteiger partial charge in [0.2, 0.25) is 4.80 Å². The summed E-state index contributed by atoms with van der Waals surface area (Å²) >= 11 is 1.55. The molecule has 0 bridgehead atoms. The molecule has 0 atom stereocenters. The van der Waals surface area contributed by atoms with Crippen LogP contribution in [0.3, 0.4) is 0 Å². The fraction of sp³-hybridized carbons (Fsp3) is 0. The van der Waals surface area contributed by atoms with E-state index in [2.05, 4.69) is 44.4 Å². The van der Waals surface area contributed by atoms with E-state index < -0.39 is 0 Å². The Morgan fingerprint density at radius 3 is 2.19 bits per heavy atom. The van der Waals surface area contributed by atoms with Gasteiger partial charge in [-0.2, -0.15) is 5.10 Å². The summed E-state index contributed by atoms with van der Waals surface area (Å²) in [5.74, 6) is 0.233. The second kappa shape index (κ2) is 7.85. The van der Waals surface area contributed by atoms with Crippen LogP contribution in [0.25, 0.3) is 16.9 Å². The lowest BCUT2D eigenvalue weighted by atomic mass is 10.1. The Bertz CT molecular complexity index is 1110. The molecule has 3 aromatic carbocycles. The number of nitrogens with zero attached hydrogens (tertiary/aromatic N) is 3. The molecule has 1 heterocycles. The standard InChI is InChI=1S/C22H17N3OS/c26-20-13-11-17(12-14-20)15-23-24-22-25(19-9-5-2-6-10-19)21(16-27-22)18-7-3-1-4-8-18/h1-16,26H/b23-15+,24-22?. The molecule has 1 aromatic heterocycles. The van der Waals surface area contributed by atoms with Crippen molar-refractivity contribution in [3.63, 3.8) is 0 Å². The molecule has 0 spiro atoms. The molecule has 0 fully saturated rings. The lowest BCUT2D eigenvalue weighted by Crippen LogP contribution is -2.13.